The number of benzene rings is 3. The summed E-state index contributed by atoms with van der Waals surface area (Å²) in [5.74, 6) is 1.39. The van der Waals surface area contributed by atoms with Gasteiger partial charge in [0.2, 0.25) is 5.91 Å². The van der Waals surface area contributed by atoms with Crippen LogP contribution in [0.3, 0.4) is 0 Å². The van der Waals surface area contributed by atoms with Gasteiger partial charge in [-0.1, -0.05) is 66.7 Å². The van der Waals surface area contributed by atoms with Gasteiger partial charge >= 0.3 is 0 Å². The number of aromatic hydroxyl groups is 1. The van der Waals surface area contributed by atoms with Crippen LogP contribution in [-0.2, 0) is 11.2 Å². The second-order valence-corrected chi connectivity index (χ2v) is 8.54. The third kappa shape index (κ3) is 5.03. The smallest absolute Gasteiger partial charge is 0.222 e. The maximum Gasteiger partial charge on any atom is 0.222 e. The first-order chi connectivity index (χ1) is 15.7. The molecule has 5 rings (SSSR count). The molecule has 1 saturated heterocycles. The number of β-amino-alcohol motifs (C(OH)–C–C–N with tert-alkyl or cyclic N) is 1. The monoisotopic (exact) mass is 429 g/mol. The third-order valence-corrected chi connectivity index (χ3v) is 6.52. The molecule has 1 heterocycles. The van der Waals surface area contributed by atoms with Crippen LogP contribution in [0.4, 0.5) is 0 Å². The molecule has 1 aliphatic heterocycles. The summed E-state index contributed by atoms with van der Waals surface area (Å²) in [6, 6.07) is 27.4. The number of hydrogen-bond acceptors (Lipinski definition) is 3. The Labute approximate surface area is 190 Å². The first-order valence-electron chi connectivity index (χ1n) is 11.5. The summed E-state index contributed by atoms with van der Waals surface area (Å²) in [4.78, 5) is 12.5. The lowest BCUT2D eigenvalue weighted by molar-refractivity contribution is -0.128. The van der Waals surface area contributed by atoms with E-state index in [9.17, 15) is 9.90 Å². The molecule has 0 aromatic heterocycles. The van der Waals surface area contributed by atoms with Gasteiger partial charge in [-0.05, 0) is 59.6 Å². The fraction of sp³-hybridized carbons (Fsp3) is 0.321. The second-order valence-electron chi connectivity index (χ2n) is 8.54. The zero-order chi connectivity index (χ0) is 22.3. The molecule has 0 bridgehead atoms. The number of aliphatic hydroxyl groups excluding tert-OH is 1. The van der Waals surface area contributed by atoms with Crippen molar-refractivity contribution in [2.75, 3.05) is 19.7 Å². The number of carbonyl (C=O) groups is 1. The minimum absolute atomic E-state index is 0.0890. The molecular weight excluding hydrogens is 398 g/mol. The molecule has 2 atom stereocenters. The first-order valence-corrected chi connectivity index (χ1v) is 11.5. The van der Waals surface area contributed by atoms with E-state index in [2.05, 4.69) is 66.7 Å². The number of fused-ring (bicyclic) bond motifs is 1. The lowest BCUT2D eigenvalue weighted by Crippen LogP contribution is -2.27. The van der Waals surface area contributed by atoms with E-state index < -0.39 is 0 Å². The molecule has 1 aliphatic carbocycles. The highest BCUT2D eigenvalue weighted by Crippen LogP contribution is 2.46. The number of aliphatic hydroxyl groups is 1. The van der Waals surface area contributed by atoms with Crippen LogP contribution in [0.25, 0.3) is 0 Å². The highest BCUT2D eigenvalue weighted by molar-refractivity contribution is 5.78. The van der Waals surface area contributed by atoms with Crippen molar-refractivity contribution >= 4 is 5.91 Å². The van der Waals surface area contributed by atoms with Crippen LogP contribution in [0, 0.1) is 0 Å². The molecule has 166 valence electrons. The highest BCUT2D eigenvalue weighted by atomic mass is 16.3. The molecule has 1 fully saturated rings. The summed E-state index contributed by atoms with van der Waals surface area (Å²) in [5, 5.41) is 18.3. The van der Waals surface area contributed by atoms with E-state index in [0.717, 1.165) is 25.8 Å². The molecule has 3 aromatic carbocycles. The largest absolute Gasteiger partial charge is 0.508 e. The van der Waals surface area contributed by atoms with Crippen molar-refractivity contribution in [3.8, 4) is 5.75 Å². The Morgan fingerprint density at radius 2 is 1.56 bits per heavy atom. The molecule has 0 saturated carbocycles. The first kappa shape index (κ1) is 22.1. The lowest BCUT2D eigenvalue weighted by atomic mass is 9.69. The minimum Gasteiger partial charge on any atom is -0.508 e. The highest BCUT2D eigenvalue weighted by Gasteiger charge is 2.31. The molecule has 32 heavy (non-hydrogen) atoms. The van der Waals surface area contributed by atoms with Gasteiger partial charge in [0.05, 0.1) is 6.61 Å². The number of hydrogen-bond donors (Lipinski definition) is 2. The van der Waals surface area contributed by atoms with Crippen molar-refractivity contribution in [2.24, 2.45) is 0 Å². The molecule has 3 aromatic rings. The summed E-state index contributed by atoms with van der Waals surface area (Å²) >= 11 is 0. The van der Waals surface area contributed by atoms with Crippen LogP contribution >= 0.6 is 0 Å². The number of aryl methyl sites for hydroxylation is 1. The van der Waals surface area contributed by atoms with Crippen molar-refractivity contribution in [1.82, 2.24) is 4.90 Å². The Balaban J connectivity index is 0.000000230. The van der Waals surface area contributed by atoms with Gasteiger partial charge in [0.15, 0.2) is 0 Å². The topological polar surface area (TPSA) is 60.8 Å². The summed E-state index contributed by atoms with van der Waals surface area (Å²) in [5.41, 5.74) is 5.40. The molecule has 2 aliphatic rings. The van der Waals surface area contributed by atoms with Gasteiger partial charge in [-0.2, -0.15) is 0 Å². The van der Waals surface area contributed by atoms with Gasteiger partial charge in [-0.15, -0.1) is 0 Å². The SMILES string of the molecule is O=C1CCCN1CCO.Oc1ccc2c(c1)CC[C@H](c1ccccc1)[C@@H]2c1ccccc1. The fourth-order valence-corrected chi connectivity index (χ4v) is 5.00. The lowest BCUT2D eigenvalue weighted by Gasteiger charge is -2.34. The van der Waals surface area contributed by atoms with Gasteiger partial charge in [0.25, 0.3) is 0 Å². The minimum atomic E-state index is 0.0890. The summed E-state index contributed by atoms with van der Waals surface area (Å²) in [6.45, 7) is 1.43. The van der Waals surface area contributed by atoms with Crippen LogP contribution in [0.5, 0.6) is 5.75 Å². The predicted octanol–water partition coefficient (Wildman–Crippen LogP) is 4.86. The van der Waals surface area contributed by atoms with E-state index in [1.165, 1.54) is 22.3 Å². The molecule has 2 N–H and O–H groups in total. The van der Waals surface area contributed by atoms with Crippen molar-refractivity contribution in [1.29, 1.82) is 0 Å². The van der Waals surface area contributed by atoms with E-state index in [1.54, 1.807) is 4.90 Å². The van der Waals surface area contributed by atoms with Gasteiger partial charge in [0, 0.05) is 25.4 Å². The zero-order valence-corrected chi connectivity index (χ0v) is 18.4. The average Bonchev–Trinajstić information content (AvgIpc) is 3.24. The predicted molar refractivity (Wildman–Crippen MR) is 127 cm³/mol. The molecule has 0 radical (unpaired) electrons. The van der Waals surface area contributed by atoms with Crippen molar-refractivity contribution in [3.05, 3.63) is 101 Å². The van der Waals surface area contributed by atoms with Gasteiger partial charge in [0.1, 0.15) is 5.75 Å². The van der Waals surface area contributed by atoms with Crippen LogP contribution in [0.1, 0.15) is 53.4 Å². The summed E-state index contributed by atoms with van der Waals surface area (Å²) in [6.07, 6.45) is 3.76. The van der Waals surface area contributed by atoms with Crippen LogP contribution in [0.2, 0.25) is 0 Å². The number of rotatable bonds is 4. The molecule has 4 heteroatoms. The average molecular weight is 430 g/mol. The maximum atomic E-state index is 10.8. The molecule has 4 nitrogen and oxygen atoms in total. The van der Waals surface area contributed by atoms with E-state index >= 15 is 0 Å². The fourth-order valence-electron chi connectivity index (χ4n) is 5.00. The van der Waals surface area contributed by atoms with Crippen molar-refractivity contribution < 1.29 is 15.0 Å². The molecular formula is C28H31NO3. The number of nitrogens with zero attached hydrogens (tertiary/aromatic N) is 1. The summed E-state index contributed by atoms with van der Waals surface area (Å²) in [7, 11) is 0. The van der Waals surface area contributed by atoms with Crippen molar-refractivity contribution in [2.45, 2.75) is 37.5 Å². The molecule has 0 spiro atoms. The normalized spacial score (nSPS) is 19.8. The Morgan fingerprint density at radius 3 is 2.19 bits per heavy atom. The Hall–Kier alpha value is -3.11. The standard InChI is InChI=1S/C22H20O.C6H11NO2/c23-19-12-14-21-18(15-19)11-13-20(16-7-3-1-4-8-16)22(21)17-9-5-2-6-10-17;8-5-4-7-3-1-2-6(7)9/h1-10,12,14-15,20,22-23H,11,13H2;8H,1-5H2/t20-,22+;/m1./s1. The van der Waals surface area contributed by atoms with E-state index in [0.29, 0.717) is 30.6 Å². The number of likely N-dealkylation sites (tertiary alicyclic amines) is 1. The number of carbonyl (C=O) groups excluding carboxylic acids is 1. The molecule has 1 amide bonds. The maximum absolute atomic E-state index is 10.8. The Morgan fingerprint density at radius 1 is 0.875 bits per heavy atom. The Bertz CT molecular complexity index is 1020. The Kier molecular flexibility index (Phi) is 7.23. The van der Waals surface area contributed by atoms with Gasteiger partial charge in [-0.3, -0.25) is 4.79 Å². The van der Waals surface area contributed by atoms with Gasteiger partial charge < -0.3 is 15.1 Å². The van der Waals surface area contributed by atoms with Gasteiger partial charge in [-0.25, -0.2) is 0 Å². The molecule has 0 unspecified atom stereocenters. The van der Waals surface area contributed by atoms with Crippen LogP contribution in [-0.4, -0.2) is 40.7 Å². The quantitative estimate of drug-likeness (QED) is 0.623. The third-order valence-electron chi connectivity index (χ3n) is 6.52. The number of phenolic OH excluding ortho intramolecular Hbond substituents is 1. The number of phenols is 1. The number of amides is 1. The van der Waals surface area contributed by atoms with Crippen LogP contribution < -0.4 is 0 Å². The van der Waals surface area contributed by atoms with E-state index in [1.807, 2.05) is 12.1 Å². The summed E-state index contributed by atoms with van der Waals surface area (Å²) < 4.78 is 0. The van der Waals surface area contributed by atoms with Crippen LogP contribution in [0.15, 0.2) is 78.9 Å². The second kappa shape index (κ2) is 10.5. The van der Waals surface area contributed by atoms with Crippen molar-refractivity contribution in [3.63, 3.8) is 0 Å². The zero-order valence-electron chi connectivity index (χ0n) is 18.4. The van der Waals surface area contributed by atoms with E-state index in [4.69, 9.17) is 5.11 Å². The van der Waals surface area contributed by atoms with E-state index in [-0.39, 0.29) is 12.5 Å².